The van der Waals surface area contributed by atoms with Gasteiger partial charge in [0.25, 0.3) is 0 Å². The fraction of sp³-hybridized carbons (Fsp3) is 0.833. The average Bonchev–Trinajstić information content (AvgIpc) is 2.80. The molecule has 0 spiro atoms. The number of nitrogens with one attached hydrogen (secondary N) is 1. The van der Waals surface area contributed by atoms with Crippen molar-refractivity contribution in [3.63, 3.8) is 0 Å². The maximum Gasteiger partial charge on any atom is 0.413 e. The summed E-state index contributed by atoms with van der Waals surface area (Å²) in [5.41, 5.74) is 0. The quantitative estimate of drug-likeness (QED) is 0.740. The number of alkyl carbamates (subject to hydrolysis) is 1. The number of hydrogen-bond donors (Lipinski definition) is 1. The molecule has 0 saturated heterocycles. The van der Waals surface area contributed by atoms with Gasteiger partial charge in [0, 0.05) is 5.92 Å². The minimum absolute atomic E-state index is 0.00954. The van der Waals surface area contributed by atoms with E-state index >= 15 is 0 Å². The molecule has 2 bridgehead atoms. The second-order valence-electron chi connectivity index (χ2n) is 5.20. The van der Waals surface area contributed by atoms with Crippen LogP contribution in [0.25, 0.3) is 0 Å². The molecule has 90 valence electrons. The lowest BCUT2D eigenvalue weighted by molar-refractivity contribution is -0.126. The number of carbonyl (C=O) groups is 2. The zero-order chi connectivity index (χ0) is 11.9. The van der Waals surface area contributed by atoms with Crippen LogP contribution in [0.15, 0.2) is 0 Å². The lowest BCUT2D eigenvalue weighted by Gasteiger charge is -2.30. The van der Waals surface area contributed by atoms with Crippen molar-refractivity contribution in [3.05, 3.63) is 0 Å². The summed E-state index contributed by atoms with van der Waals surface area (Å²) in [4.78, 5) is 22.8. The molecule has 0 aliphatic heterocycles. The van der Waals surface area contributed by atoms with Gasteiger partial charge in [-0.25, -0.2) is 4.79 Å². The minimum atomic E-state index is -0.645. The van der Waals surface area contributed by atoms with E-state index in [1.807, 2.05) is 0 Å². The number of fused-ring (bicyclic) bond motifs is 2. The van der Waals surface area contributed by atoms with Gasteiger partial charge in [0.05, 0.1) is 7.11 Å². The van der Waals surface area contributed by atoms with Crippen molar-refractivity contribution in [2.24, 2.45) is 29.6 Å². The molecule has 0 aromatic rings. The van der Waals surface area contributed by atoms with E-state index in [1.165, 1.54) is 7.11 Å². The van der Waals surface area contributed by atoms with Crippen LogP contribution in [0, 0.1) is 29.6 Å². The average molecular weight is 225 g/mol. The van der Waals surface area contributed by atoms with Crippen molar-refractivity contribution in [2.75, 3.05) is 7.11 Å². The molecule has 0 aromatic heterocycles. The van der Waals surface area contributed by atoms with Gasteiger partial charge in [0.2, 0.25) is 5.91 Å². The highest BCUT2D eigenvalue weighted by molar-refractivity contribution is 5.93. The van der Waals surface area contributed by atoms with E-state index in [0.29, 0.717) is 23.7 Å². The monoisotopic (exact) mass is 225 g/mol. The molecule has 2 amide bonds. The highest BCUT2D eigenvalue weighted by atomic mass is 16.5. The standard InChI is InChI=1S/C12H19NO3/c1-6-7(2)9-4-8(6)5-10(9)11(14)13-12(15)16-3/h6-10H,4-5H2,1-3H3,(H,13,14,15). The summed E-state index contributed by atoms with van der Waals surface area (Å²) >= 11 is 0. The van der Waals surface area contributed by atoms with E-state index in [4.69, 9.17) is 0 Å². The summed E-state index contributed by atoms with van der Waals surface area (Å²) in [6.45, 7) is 4.48. The predicted octanol–water partition coefficient (Wildman–Crippen LogP) is 1.80. The van der Waals surface area contributed by atoms with Gasteiger partial charge in [-0.3, -0.25) is 10.1 Å². The van der Waals surface area contributed by atoms with E-state index in [9.17, 15) is 9.59 Å². The van der Waals surface area contributed by atoms with Crippen LogP contribution in [0.3, 0.4) is 0 Å². The number of hydrogen-bond acceptors (Lipinski definition) is 3. The molecule has 2 rings (SSSR count). The van der Waals surface area contributed by atoms with E-state index in [0.717, 1.165) is 12.8 Å². The first-order chi connectivity index (χ1) is 7.54. The van der Waals surface area contributed by atoms with Gasteiger partial charge in [-0.05, 0) is 36.5 Å². The molecule has 2 saturated carbocycles. The van der Waals surface area contributed by atoms with Crippen molar-refractivity contribution in [3.8, 4) is 0 Å². The third-order valence-corrected chi connectivity index (χ3v) is 4.64. The van der Waals surface area contributed by atoms with Crippen molar-refractivity contribution < 1.29 is 14.3 Å². The molecule has 2 aliphatic carbocycles. The Morgan fingerprint density at radius 2 is 1.88 bits per heavy atom. The van der Waals surface area contributed by atoms with Crippen LogP contribution < -0.4 is 5.32 Å². The summed E-state index contributed by atoms with van der Waals surface area (Å²) in [6.07, 6.45) is 1.43. The zero-order valence-electron chi connectivity index (χ0n) is 10.0. The fourth-order valence-electron chi connectivity index (χ4n) is 3.49. The molecule has 1 N–H and O–H groups in total. The predicted molar refractivity (Wildman–Crippen MR) is 58.6 cm³/mol. The van der Waals surface area contributed by atoms with Crippen LogP contribution in [-0.4, -0.2) is 19.1 Å². The molecule has 0 aromatic carbocycles. The molecular formula is C12H19NO3. The highest BCUT2D eigenvalue weighted by Crippen LogP contribution is 2.54. The Kier molecular flexibility index (Phi) is 2.91. The number of carbonyl (C=O) groups excluding carboxylic acids is 2. The fourth-order valence-corrected chi connectivity index (χ4v) is 3.49. The third kappa shape index (κ3) is 1.70. The molecule has 4 heteroatoms. The Morgan fingerprint density at radius 3 is 2.38 bits per heavy atom. The first-order valence-corrected chi connectivity index (χ1v) is 5.93. The number of ether oxygens (including phenoxy) is 1. The van der Waals surface area contributed by atoms with Gasteiger partial charge in [0.15, 0.2) is 0 Å². The molecule has 4 nitrogen and oxygen atoms in total. The smallest absolute Gasteiger partial charge is 0.413 e. The molecule has 2 aliphatic rings. The topological polar surface area (TPSA) is 55.4 Å². The summed E-state index contributed by atoms with van der Waals surface area (Å²) in [6, 6.07) is 0. The van der Waals surface area contributed by atoms with E-state index < -0.39 is 6.09 Å². The Hall–Kier alpha value is -1.06. The van der Waals surface area contributed by atoms with Crippen LogP contribution in [0.1, 0.15) is 26.7 Å². The normalized spacial score (nSPS) is 40.8. The van der Waals surface area contributed by atoms with E-state index in [1.54, 1.807) is 0 Å². The van der Waals surface area contributed by atoms with Crippen LogP contribution >= 0.6 is 0 Å². The first kappa shape index (κ1) is 11.4. The number of methoxy groups -OCH3 is 1. The maximum absolute atomic E-state index is 11.8. The Morgan fingerprint density at radius 1 is 1.19 bits per heavy atom. The summed E-state index contributed by atoms with van der Waals surface area (Å²) in [7, 11) is 1.27. The van der Waals surface area contributed by atoms with Gasteiger partial charge < -0.3 is 4.74 Å². The maximum atomic E-state index is 11.8. The van der Waals surface area contributed by atoms with Gasteiger partial charge >= 0.3 is 6.09 Å². The van der Waals surface area contributed by atoms with E-state index in [-0.39, 0.29) is 11.8 Å². The second-order valence-corrected chi connectivity index (χ2v) is 5.20. The molecule has 0 radical (unpaired) electrons. The van der Waals surface area contributed by atoms with Crippen molar-refractivity contribution in [1.82, 2.24) is 5.32 Å². The molecular weight excluding hydrogens is 206 g/mol. The Labute approximate surface area is 95.7 Å². The molecule has 5 atom stereocenters. The second kappa shape index (κ2) is 4.07. The summed E-state index contributed by atoms with van der Waals surface area (Å²) in [5, 5.41) is 2.29. The van der Waals surface area contributed by atoms with Gasteiger partial charge in [0.1, 0.15) is 0 Å². The van der Waals surface area contributed by atoms with Crippen LogP contribution in [0.2, 0.25) is 0 Å². The van der Waals surface area contributed by atoms with Crippen LogP contribution in [-0.2, 0) is 9.53 Å². The SMILES string of the molecule is COC(=O)NC(=O)C1CC2CC1C(C)C2C. The number of amides is 2. The molecule has 5 unspecified atom stereocenters. The minimum Gasteiger partial charge on any atom is -0.453 e. The number of rotatable bonds is 1. The van der Waals surface area contributed by atoms with E-state index in [2.05, 4.69) is 23.9 Å². The lowest BCUT2D eigenvalue weighted by atomic mass is 9.75. The lowest BCUT2D eigenvalue weighted by Crippen LogP contribution is -2.40. The molecule has 2 fully saturated rings. The zero-order valence-corrected chi connectivity index (χ0v) is 10.0. The summed E-state index contributed by atoms with van der Waals surface area (Å²) < 4.78 is 4.44. The van der Waals surface area contributed by atoms with Gasteiger partial charge in [-0.15, -0.1) is 0 Å². The van der Waals surface area contributed by atoms with Gasteiger partial charge in [-0.1, -0.05) is 13.8 Å². The van der Waals surface area contributed by atoms with Crippen molar-refractivity contribution in [2.45, 2.75) is 26.7 Å². The first-order valence-electron chi connectivity index (χ1n) is 5.93. The highest BCUT2D eigenvalue weighted by Gasteiger charge is 2.51. The Balaban J connectivity index is 1.98. The van der Waals surface area contributed by atoms with Gasteiger partial charge in [-0.2, -0.15) is 0 Å². The molecule has 16 heavy (non-hydrogen) atoms. The summed E-state index contributed by atoms with van der Waals surface area (Å²) in [5.74, 6) is 2.27. The third-order valence-electron chi connectivity index (χ3n) is 4.64. The molecule has 0 heterocycles. The van der Waals surface area contributed by atoms with Crippen molar-refractivity contribution >= 4 is 12.0 Å². The van der Waals surface area contributed by atoms with Crippen LogP contribution in [0.4, 0.5) is 4.79 Å². The van der Waals surface area contributed by atoms with Crippen LogP contribution in [0.5, 0.6) is 0 Å². The Bertz CT molecular complexity index is 313. The van der Waals surface area contributed by atoms with Crippen molar-refractivity contribution in [1.29, 1.82) is 0 Å². The number of imide groups is 1. The largest absolute Gasteiger partial charge is 0.453 e.